The van der Waals surface area contributed by atoms with Crippen molar-refractivity contribution in [3.05, 3.63) is 36.4 Å². The van der Waals surface area contributed by atoms with Gasteiger partial charge in [-0.3, -0.25) is 0 Å². The van der Waals surface area contributed by atoms with Crippen LogP contribution in [0.15, 0.2) is 30.7 Å². The molecule has 4 rings (SSSR count). The Kier molecular flexibility index (Phi) is 3.57. The largest absolute Gasteiger partial charge is 0.463 e. The van der Waals surface area contributed by atoms with Crippen LogP contribution in [0.1, 0.15) is 5.69 Å². The van der Waals surface area contributed by atoms with Crippen molar-refractivity contribution in [2.75, 3.05) is 37.8 Å². The molecule has 2 aromatic rings. The third-order valence-corrected chi connectivity index (χ3v) is 4.62. The summed E-state index contributed by atoms with van der Waals surface area (Å²) in [5.74, 6) is 1.18. The molecule has 0 saturated carbocycles. The summed E-state index contributed by atoms with van der Waals surface area (Å²) in [7, 11) is 0. The summed E-state index contributed by atoms with van der Waals surface area (Å²) in [6.07, 6.45) is 5.27. The van der Waals surface area contributed by atoms with Gasteiger partial charge in [0.1, 0.15) is 6.61 Å². The van der Waals surface area contributed by atoms with Gasteiger partial charge >= 0.3 is 6.01 Å². The molecule has 0 spiro atoms. The molecule has 2 aromatic heterocycles. The molecule has 2 atom stereocenters. The molecule has 2 fully saturated rings. The first-order valence-corrected chi connectivity index (χ1v) is 7.77. The van der Waals surface area contributed by atoms with Crippen molar-refractivity contribution in [1.29, 1.82) is 0 Å². The summed E-state index contributed by atoms with van der Waals surface area (Å²) in [4.78, 5) is 19.4. The molecule has 2 saturated heterocycles. The molecule has 0 bridgehead atoms. The number of nitrogens with zero attached hydrogens (tertiary/aromatic N) is 5. The normalized spacial score (nSPS) is 26.3. The Morgan fingerprint density at radius 1 is 1.30 bits per heavy atom. The highest BCUT2D eigenvalue weighted by molar-refractivity contribution is 5.33. The zero-order chi connectivity index (χ0) is 15.7. The summed E-state index contributed by atoms with van der Waals surface area (Å²) in [6, 6.07) is 4.12. The lowest BCUT2D eigenvalue weighted by molar-refractivity contribution is 0.105. The Balaban J connectivity index is 1.49. The van der Waals surface area contributed by atoms with E-state index in [1.54, 1.807) is 18.6 Å². The third-order valence-electron chi connectivity index (χ3n) is 4.62. The number of anilines is 1. The zero-order valence-electron chi connectivity index (χ0n) is 13.1. The number of rotatable bonds is 4. The van der Waals surface area contributed by atoms with Crippen molar-refractivity contribution in [3.63, 3.8) is 0 Å². The first-order valence-electron chi connectivity index (χ1n) is 7.77. The van der Waals surface area contributed by atoms with Crippen LogP contribution in [-0.2, 0) is 4.74 Å². The van der Waals surface area contributed by atoms with E-state index in [4.69, 9.17) is 9.47 Å². The predicted molar refractivity (Wildman–Crippen MR) is 83.3 cm³/mol. The quantitative estimate of drug-likeness (QED) is 0.837. The van der Waals surface area contributed by atoms with Crippen LogP contribution < -0.4 is 9.64 Å². The molecule has 2 aliphatic heterocycles. The van der Waals surface area contributed by atoms with Gasteiger partial charge in [0.05, 0.1) is 18.6 Å². The third kappa shape index (κ3) is 2.72. The molecular weight excluding hydrogens is 294 g/mol. The van der Waals surface area contributed by atoms with E-state index in [1.807, 2.05) is 19.1 Å². The van der Waals surface area contributed by atoms with Gasteiger partial charge in [0.15, 0.2) is 0 Å². The van der Waals surface area contributed by atoms with E-state index >= 15 is 0 Å². The maximum absolute atomic E-state index is 5.89. The summed E-state index contributed by atoms with van der Waals surface area (Å²) in [6.45, 7) is 5.63. The fraction of sp³-hybridized carbons (Fsp3) is 0.500. The standard InChI is InChI=1S/C16H19N5O2/c1-12-3-6-19-15(20-12)23-11-16-9-21(7-13(16)8-22-10-16)14-17-4-2-5-18-14/h2-6,13H,7-11H2,1H3/t13-,16+/m0/s1. The van der Waals surface area contributed by atoms with Crippen molar-refractivity contribution in [2.24, 2.45) is 11.3 Å². The smallest absolute Gasteiger partial charge is 0.316 e. The lowest BCUT2D eigenvalue weighted by Gasteiger charge is -2.26. The lowest BCUT2D eigenvalue weighted by atomic mass is 9.82. The van der Waals surface area contributed by atoms with E-state index in [0.29, 0.717) is 25.1 Å². The van der Waals surface area contributed by atoms with Crippen LogP contribution in [0.3, 0.4) is 0 Å². The molecule has 4 heterocycles. The van der Waals surface area contributed by atoms with Gasteiger partial charge in [0.25, 0.3) is 0 Å². The van der Waals surface area contributed by atoms with Crippen LogP contribution in [0.4, 0.5) is 5.95 Å². The molecule has 0 radical (unpaired) electrons. The van der Waals surface area contributed by atoms with Gasteiger partial charge in [0, 0.05) is 43.3 Å². The Bertz CT molecular complexity index is 683. The Hall–Kier alpha value is -2.28. The minimum absolute atomic E-state index is 0.0493. The van der Waals surface area contributed by atoms with E-state index in [9.17, 15) is 0 Å². The van der Waals surface area contributed by atoms with Crippen molar-refractivity contribution >= 4 is 5.95 Å². The Labute approximate surface area is 134 Å². The highest BCUT2D eigenvalue weighted by Gasteiger charge is 2.52. The van der Waals surface area contributed by atoms with Crippen molar-refractivity contribution < 1.29 is 9.47 Å². The van der Waals surface area contributed by atoms with Crippen molar-refractivity contribution in [1.82, 2.24) is 19.9 Å². The van der Waals surface area contributed by atoms with E-state index in [0.717, 1.165) is 31.3 Å². The summed E-state index contributed by atoms with van der Waals surface area (Å²) < 4.78 is 11.6. The summed E-state index contributed by atoms with van der Waals surface area (Å²) in [5, 5.41) is 0. The van der Waals surface area contributed by atoms with E-state index < -0.39 is 0 Å². The molecule has 7 heteroatoms. The molecule has 120 valence electrons. The van der Waals surface area contributed by atoms with Gasteiger partial charge in [-0.2, -0.15) is 0 Å². The fourth-order valence-electron chi connectivity index (χ4n) is 3.35. The molecule has 2 aliphatic rings. The monoisotopic (exact) mass is 313 g/mol. The van der Waals surface area contributed by atoms with Gasteiger partial charge in [-0.25, -0.2) is 19.9 Å². The topological polar surface area (TPSA) is 73.3 Å². The van der Waals surface area contributed by atoms with Gasteiger partial charge in [-0.05, 0) is 19.1 Å². The molecule has 0 aromatic carbocycles. The summed E-state index contributed by atoms with van der Waals surface area (Å²) >= 11 is 0. The van der Waals surface area contributed by atoms with Gasteiger partial charge < -0.3 is 14.4 Å². The number of ether oxygens (including phenoxy) is 2. The number of hydrogen-bond donors (Lipinski definition) is 0. The SMILES string of the molecule is Cc1ccnc(OC[C@@]23COC[C@@H]2CN(c2ncccn2)C3)n1. The predicted octanol–water partition coefficient (Wildman–Crippen LogP) is 1.11. The molecule has 0 amide bonds. The van der Waals surface area contributed by atoms with Gasteiger partial charge in [0.2, 0.25) is 5.95 Å². The van der Waals surface area contributed by atoms with Crippen LogP contribution in [0.5, 0.6) is 6.01 Å². The number of fused-ring (bicyclic) bond motifs is 1. The average Bonchev–Trinajstić information content (AvgIpc) is 3.11. The summed E-state index contributed by atoms with van der Waals surface area (Å²) in [5.41, 5.74) is 0.851. The maximum Gasteiger partial charge on any atom is 0.316 e. The second-order valence-corrected chi connectivity index (χ2v) is 6.27. The first kappa shape index (κ1) is 14.3. The van der Waals surface area contributed by atoms with Crippen LogP contribution in [-0.4, -0.2) is 52.8 Å². The van der Waals surface area contributed by atoms with Crippen LogP contribution >= 0.6 is 0 Å². The van der Waals surface area contributed by atoms with E-state index in [-0.39, 0.29) is 5.41 Å². The maximum atomic E-state index is 5.89. The van der Waals surface area contributed by atoms with Crippen molar-refractivity contribution in [2.45, 2.75) is 6.92 Å². The first-order chi connectivity index (χ1) is 11.3. The average molecular weight is 313 g/mol. The Morgan fingerprint density at radius 3 is 3.00 bits per heavy atom. The van der Waals surface area contributed by atoms with Crippen LogP contribution in [0.2, 0.25) is 0 Å². The molecule has 0 N–H and O–H groups in total. The number of aromatic nitrogens is 4. The van der Waals surface area contributed by atoms with Crippen molar-refractivity contribution in [3.8, 4) is 6.01 Å². The zero-order valence-corrected chi connectivity index (χ0v) is 13.1. The second kappa shape index (κ2) is 5.73. The van der Waals surface area contributed by atoms with Crippen LogP contribution in [0.25, 0.3) is 0 Å². The highest BCUT2D eigenvalue weighted by Crippen LogP contribution is 2.42. The molecule has 0 aliphatic carbocycles. The minimum Gasteiger partial charge on any atom is -0.463 e. The lowest BCUT2D eigenvalue weighted by Crippen LogP contribution is -2.37. The van der Waals surface area contributed by atoms with Gasteiger partial charge in [-0.1, -0.05) is 0 Å². The fourth-order valence-corrected chi connectivity index (χ4v) is 3.35. The van der Waals surface area contributed by atoms with E-state index in [2.05, 4.69) is 24.8 Å². The molecule has 23 heavy (non-hydrogen) atoms. The number of aryl methyl sites for hydroxylation is 1. The second-order valence-electron chi connectivity index (χ2n) is 6.27. The Morgan fingerprint density at radius 2 is 2.17 bits per heavy atom. The van der Waals surface area contributed by atoms with E-state index in [1.165, 1.54) is 0 Å². The van der Waals surface area contributed by atoms with Gasteiger partial charge in [-0.15, -0.1) is 0 Å². The molecule has 7 nitrogen and oxygen atoms in total. The molecule has 0 unspecified atom stereocenters. The highest BCUT2D eigenvalue weighted by atomic mass is 16.5. The van der Waals surface area contributed by atoms with Crippen LogP contribution in [0, 0.1) is 18.3 Å². The number of hydrogen-bond acceptors (Lipinski definition) is 7. The minimum atomic E-state index is -0.0493. The molecular formula is C16H19N5O2.